The lowest BCUT2D eigenvalue weighted by atomic mass is 10.1. The smallest absolute Gasteiger partial charge is 0.142 e. The summed E-state index contributed by atoms with van der Waals surface area (Å²) in [4.78, 5) is 0.221. The van der Waals surface area contributed by atoms with Crippen molar-refractivity contribution in [1.82, 2.24) is 0 Å². The molecule has 0 bridgehead atoms. The summed E-state index contributed by atoms with van der Waals surface area (Å²) in [5, 5.41) is 4.27. The van der Waals surface area contributed by atoms with Crippen molar-refractivity contribution in [3.8, 4) is 5.75 Å². The molecule has 0 saturated heterocycles. The molecule has 0 aliphatic rings. The summed E-state index contributed by atoms with van der Waals surface area (Å²) in [6.07, 6.45) is 0. The summed E-state index contributed by atoms with van der Waals surface area (Å²) < 4.78 is 5.28. The van der Waals surface area contributed by atoms with Crippen LogP contribution in [0.25, 0.3) is 0 Å². The number of hydrogen-bond donors (Lipinski definition) is 2. The van der Waals surface area contributed by atoms with Crippen molar-refractivity contribution in [1.29, 1.82) is 0 Å². The second kappa shape index (κ2) is 6.31. The number of methoxy groups -OCH3 is 1. The molecule has 0 heterocycles. The SMILES string of the molecule is COc1ccc(Cl)cc1Nc1cccc(Cl)c1C(N)=S. The standard InChI is InChI=1S/C14H12Cl2N2OS/c1-19-12-6-5-8(15)7-11(12)18-10-4-2-3-9(16)13(10)14(17)20/h2-7,18H,1H3,(H2,17,20). The fourth-order valence-corrected chi connectivity index (χ4v) is 2.53. The van der Waals surface area contributed by atoms with Crippen LogP contribution in [0.5, 0.6) is 5.75 Å². The number of nitrogens with two attached hydrogens (primary N) is 1. The van der Waals surface area contributed by atoms with Crippen LogP contribution in [0, 0.1) is 0 Å². The van der Waals surface area contributed by atoms with Crippen LogP contribution < -0.4 is 15.8 Å². The number of thiocarbonyl (C=S) groups is 1. The van der Waals surface area contributed by atoms with Crippen LogP contribution in [-0.2, 0) is 0 Å². The van der Waals surface area contributed by atoms with E-state index in [1.54, 1.807) is 31.4 Å². The maximum Gasteiger partial charge on any atom is 0.142 e. The highest BCUT2D eigenvalue weighted by Gasteiger charge is 2.12. The quantitative estimate of drug-likeness (QED) is 0.818. The molecule has 0 fully saturated rings. The number of rotatable bonds is 4. The highest BCUT2D eigenvalue weighted by atomic mass is 35.5. The molecule has 3 N–H and O–H groups in total. The van der Waals surface area contributed by atoms with E-state index in [4.69, 9.17) is 45.9 Å². The monoisotopic (exact) mass is 326 g/mol. The molecular formula is C14H12Cl2N2OS. The van der Waals surface area contributed by atoms with Gasteiger partial charge in [0.05, 0.1) is 29.1 Å². The first kappa shape index (κ1) is 14.9. The van der Waals surface area contributed by atoms with Crippen LogP contribution >= 0.6 is 35.4 Å². The van der Waals surface area contributed by atoms with Gasteiger partial charge in [-0.2, -0.15) is 0 Å². The van der Waals surface area contributed by atoms with Crippen LogP contribution in [0.4, 0.5) is 11.4 Å². The normalized spacial score (nSPS) is 10.2. The zero-order valence-electron chi connectivity index (χ0n) is 10.6. The molecule has 3 nitrogen and oxygen atoms in total. The Hall–Kier alpha value is -1.49. The van der Waals surface area contributed by atoms with Crippen LogP contribution in [0.3, 0.4) is 0 Å². The molecule has 0 radical (unpaired) electrons. The first-order valence-electron chi connectivity index (χ1n) is 5.72. The van der Waals surface area contributed by atoms with Crippen molar-refractivity contribution < 1.29 is 4.74 Å². The lowest BCUT2D eigenvalue weighted by molar-refractivity contribution is 0.417. The van der Waals surface area contributed by atoms with Crippen molar-refractivity contribution in [3.05, 3.63) is 52.0 Å². The Morgan fingerprint density at radius 2 is 1.95 bits per heavy atom. The topological polar surface area (TPSA) is 47.3 Å². The predicted molar refractivity (Wildman–Crippen MR) is 88.6 cm³/mol. The van der Waals surface area contributed by atoms with E-state index in [9.17, 15) is 0 Å². The molecule has 0 unspecified atom stereocenters. The van der Waals surface area contributed by atoms with Gasteiger partial charge in [0.1, 0.15) is 10.7 Å². The predicted octanol–water partition coefficient (Wildman–Crippen LogP) is 4.38. The molecule has 2 aromatic carbocycles. The fraction of sp³-hybridized carbons (Fsp3) is 0.0714. The maximum atomic E-state index is 6.13. The minimum absolute atomic E-state index is 0.221. The molecule has 0 aromatic heterocycles. The van der Waals surface area contributed by atoms with E-state index in [0.29, 0.717) is 32.7 Å². The average Bonchev–Trinajstić information content (AvgIpc) is 2.38. The first-order chi connectivity index (χ1) is 9.52. The number of hydrogen-bond acceptors (Lipinski definition) is 3. The summed E-state index contributed by atoms with van der Waals surface area (Å²) in [5.41, 5.74) is 7.72. The van der Waals surface area contributed by atoms with Gasteiger partial charge >= 0.3 is 0 Å². The number of halogens is 2. The Morgan fingerprint density at radius 1 is 1.20 bits per heavy atom. The molecule has 0 spiro atoms. The molecule has 2 rings (SSSR count). The third-order valence-corrected chi connectivity index (χ3v) is 3.45. The van der Waals surface area contributed by atoms with Gasteiger partial charge in [0.2, 0.25) is 0 Å². The van der Waals surface area contributed by atoms with Crippen LogP contribution in [0.15, 0.2) is 36.4 Å². The number of benzene rings is 2. The Kier molecular flexibility index (Phi) is 4.70. The van der Waals surface area contributed by atoms with E-state index in [1.165, 1.54) is 0 Å². The van der Waals surface area contributed by atoms with Crippen molar-refractivity contribution in [2.75, 3.05) is 12.4 Å². The lowest BCUT2D eigenvalue weighted by Gasteiger charge is -2.15. The minimum atomic E-state index is 0.221. The summed E-state index contributed by atoms with van der Waals surface area (Å²) in [7, 11) is 1.58. The Labute approximate surface area is 132 Å². The van der Waals surface area contributed by atoms with Gasteiger partial charge in [0.25, 0.3) is 0 Å². The second-order valence-electron chi connectivity index (χ2n) is 4.00. The molecule has 0 aliphatic heterocycles. The molecular weight excluding hydrogens is 315 g/mol. The van der Waals surface area contributed by atoms with E-state index in [0.717, 1.165) is 0 Å². The second-order valence-corrected chi connectivity index (χ2v) is 5.28. The number of nitrogens with one attached hydrogen (secondary N) is 1. The van der Waals surface area contributed by atoms with Gasteiger partial charge in [-0.25, -0.2) is 0 Å². The third kappa shape index (κ3) is 3.15. The molecule has 0 aliphatic carbocycles. The fourth-order valence-electron chi connectivity index (χ4n) is 1.80. The molecule has 0 amide bonds. The average molecular weight is 327 g/mol. The Morgan fingerprint density at radius 3 is 2.60 bits per heavy atom. The largest absolute Gasteiger partial charge is 0.495 e. The Balaban J connectivity index is 2.48. The van der Waals surface area contributed by atoms with Crippen molar-refractivity contribution in [2.24, 2.45) is 5.73 Å². The molecule has 104 valence electrons. The van der Waals surface area contributed by atoms with E-state index in [-0.39, 0.29) is 4.99 Å². The van der Waals surface area contributed by atoms with Gasteiger partial charge < -0.3 is 15.8 Å². The summed E-state index contributed by atoms with van der Waals surface area (Å²) in [6, 6.07) is 10.7. The molecule has 2 aromatic rings. The zero-order valence-corrected chi connectivity index (χ0v) is 12.9. The van der Waals surface area contributed by atoms with Crippen LogP contribution in [0.1, 0.15) is 5.56 Å². The van der Waals surface area contributed by atoms with Gasteiger partial charge in [0, 0.05) is 5.02 Å². The van der Waals surface area contributed by atoms with Gasteiger partial charge in [-0.1, -0.05) is 41.5 Å². The summed E-state index contributed by atoms with van der Waals surface area (Å²) in [5.74, 6) is 0.656. The van der Waals surface area contributed by atoms with Gasteiger partial charge in [0.15, 0.2) is 0 Å². The van der Waals surface area contributed by atoms with Gasteiger partial charge in [-0.05, 0) is 30.3 Å². The van der Waals surface area contributed by atoms with Crippen molar-refractivity contribution >= 4 is 51.8 Å². The van der Waals surface area contributed by atoms with Crippen LogP contribution in [-0.4, -0.2) is 12.1 Å². The highest BCUT2D eigenvalue weighted by molar-refractivity contribution is 7.80. The summed E-state index contributed by atoms with van der Waals surface area (Å²) >= 11 is 17.2. The van der Waals surface area contributed by atoms with E-state index >= 15 is 0 Å². The molecule has 20 heavy (non-hydrogen) atoms. The van der Waals surface area contributed by atoms with Crippen LogP contribution in [0.2, 0.25) is 10.0 Å². The minimum Gasteiger partial charge on any atom is -0.495 e. The van der Waals surface area contributed by atoms with E-state index in [1.807, 2.05) is 12.1 Å². The Bertz CT molecular complexity index is 662. The summed E-state index contributed by atoms with van der Waals surface area (Å²) in [6.45, 7) is 0. The van der Waals surface area contributed by atoms with Crippen molar-refractivity contribution in [3.63, 3.8) is 0 Å². The van der Waals surface area contributed by atoms with Gasteiger partial charge in [-0.15, -0.1) is 0 Å². The molecule has 0 atom stereocenters. The highest BCUT2D eigenvalue weighted by Crippen LogP contribution is 2.33. The van der Waals surface area contributed by atoms with E-state index < -0.39 is 0 Å². The zero-order chi connectivity index (χ0) is 14.7. The lowest BCUT2D eigenvalue weighted by Crippen LogP contribution is -2.12. The molecule has 0 saturated carbocycles. The number of anilines is 2. The third-order valence-electron chi connectivity index (χ3n) is 2.69. The molecule has 6 heteroatoms. The van der Waals surface area contributed by atoms with Gasteiger partial charge in [-0.3, -0.25) is 0 Å². The van der Waals surface area contributed by atoms with E-state index in [2.05, 4.69) is 5.32 Å². The first-order valence-corrected chi connectivity index (χ1v) is 6.88. The van der Waals surface area contributed by atoms with Crippen molar-refractivity contribution in [2.45, 2.75) is 0 Å². The number of ether oxygens (including phenoxy) is 1. The maximum absolute atomic E-state index is 6.13.